The highest BCUT2D eigenvalue weighted by Gasteiger charge is 2.30. The minimum Gasteiger partial charge on any atom is -0.378 e. The maximum Gasteiger partial charge on any atom is 0.225 e. The van der Waals surface area contributed by atoms with Gasteiger partial charge >= 0.3 is 0 Å². The third-order valence-electron chi connectivity index (χ3n) is 5.01. The monoisotopic (exact) mass is 329 g/mol. The highest BCUT2D eigenvalue weighted by atomic mass is 16.5. The molecule has 7 nitrogen and oxygen atoms in total. The molecule has 2 aliphatic heterocycles. The first kappa shape index (κ1) is 16.7. The van der Waals surface area contributed by atoms with Gasteiger partial charge in [-0.05, 0) is 32.3 Å². The number of morpholine rings is 1. The zero-order valence-corrected chi connectivity index (χ0v) is 14.3. The quantitative estimate of drug-likeness (QED) is 0.806. The predicted octanol–water partition coefficient (Wildman–Crippen LogP) is 1.04. The Morgan fingerprint density at radius 3 is 2.46 bits per heavy atom. The molecule has 1 amide bonds. The Kier molecular flexibility index (Phi) is 4.95. The summed E-state index contributed by atoms with van der Waals surface area (Å²) in [6.45, 7) is 7.88. The number of anilines is 1. The fraction of sp³-hybridized carbons (Fsp3) is 0.647. The van der Waals surface area contributed by atoms with Crippen LogP contribution in [0.1, 0.15) is 29.7 Å². The molecule has 2 fully saturated rings. The van der Waals surface area contributed by atoms with E-state index in [1.54, 1.807) is 0 Å². The van der Waals surface area contributed by atoms with Gasteiger partial charge in [-0.1, -0.05) is 0 Å². The van der Waals surface area contributed by atoms with Gasteiger partial charge in [0.2, 0.25) is 5.91 Å². The highest BCUT2D eigenvalue weighted by molar-refractivity contribution is 5.79. The number of carbonyl (C=O) groups is 1. The summed E-state index contributed by atoms with van der Waals surface area (Å²) < 4.78 is 5.31. The van der Waals surface area contributed by atoms with Crippen molar-refractivity contribution in [1.29, 1.82) is 5.26 Å². The first-order valence-electron chi connectivity index (χ1n) is 8.47. The fourth-order valence-corrected chi connectivity index (χ4v) is 3.33. The van der Waals surface area contributed by atoms with E-state index in [1.807, 2.05) is 18.7 Å². The van der Waals surface area contributed by atoms with Crippen molar-refractivity contribution in [1.82, 2.24) is 15.1 Å². The van der Waals surface area contributed by atoms with Gasteiger partial charge in [0.15, 0.2) is 5.82 Å². The van der Waals surface area contributed by atoms with Crippen LogP contribution in [0.3, 0.4) is 0 Å². The molecule has 0 radical (unpaired) electrons. The van der Waals surface area contributed by atoms with E-state index in [0.29, 0.717) is 37.7 Å². The van der Waals surface area contributed by atoms with Crippen molar-refractivity contribution >= 4 is 11.7 Å². The van der Waals surface area contributed by atoms with Crippen molar-refractivity contribution in [3.63, 3.8) is 0 Å². The number of hydrogen-bond acceptors (Lipinski definition) is 6. The average molecular weight is 329 g/mol. The standard InChI is InChI=1S/C17H23N5O2/c1-12-13(2)19-20-16(15(12)11-18)21-5-3-14(4-6-21)17(23)22-7-9-24-10-8-22/h14H,3-10H2,1-2H3. The third-order valence-corrected chi connectivity index (χ3v) is 5.01. The van der Waals surface area contributed by atoms with E-state index in [9.17, 15) is 10.1 Å². The normalized spacial score (nSPS) is 19.2. The number of rotatable bonds is 2. The molecule has 7 heteroatoms. The van der Waals surface area contributed by atoms with Gasteiger partial charge in [0, 0.05) is 32.1 Å². The molecule has 3 rings (SSSR count). The number of piperidine rings is 1. The van der Waals surface area contributed by atoms with E-state index in [-0.39, 0.29) is 11.8 Å². The number of aryl methyl sites for hydroxylation is 1. The molecule has 0 aliphatic carbocycles. The van der Waals surface area contributed by atoms with E-state index in [4.69, 9.17) is 4.74 Å². The lowest BCUT2D eigenvalue weighted by molar-refractivity contribution is -0.140. The van der Waals surface area contributed by atoms with E-state index in [2.05, 4.69) is 21.2 Å². The number of hydrogen-bond donors (Lipinski definition) is 0. The maximum absolute atomic E-state index is 12.6. The van der Waals surface area contributed by atoms with Gasteiger partial charge in [-0.2, -0.15) is 10.4 Å². The number of nitrogens with zero attached hydrogens (tertiary/aromatic N) is 5. The van der Waals surface area contributed by atoms with Crippen molar-refractivity contribution < 1.29 is 9.53 Å². The van der Waals surface area contributed by atoms with Gasteiger partial charge in [-0.25, -0.2) is 0 Å². The number of carbonyl (C=O) groups excluding carboxylic acids is 1. The van der Waals surface area contributed by atoms with Crippen LogP contribution in [0, 0.1) is 31.1 Å². The van der Waals surface area contributed by atoms with Crippen LogP contribution >= 0.6 is 0 Å². The Labute approximate surface area is 142 Å². The van der Waals surface area contributed by atoms with Gasteiger partial charge < -0.3 is 14.5 Å². The van der Waals surface area contributed by atoms with Crippen molar-refractivity contribution in [2.24, 2.45) is 5.92 Å². The van der Waals surface area contributed by atoms with Crippen LogP contribution in [0.15, 0.2) is 0 Å². The van der Waals surface area contributed by atoms with Gasteiger partial charge in [0.05, 0.1) is 18.9 Å². The molecule has 0 saturated carbocycles. The molecule has 128 valence electrons. The SMILES string of the molecule is Cc1nnc(N2CCC(C(=O)N3CCOCC3)CC2)c(C#N)c1C. The Hall–Kier alpha value is -2.20. The molecular formula is C17H23N5O2. The van der Waals surface area contributed by atoms with Gasteiger partial charge in [-0.15, -0.1) is 5.10 Å². The molecule has 0 N–H and O–H groups in total. The Morgan fingerprint density at radius 2 is 1.83 bits per heavy atom. The minimum absolute atomic E-state index is 0.0596. The zero-order chi connectivity index (χ0) is 17.1. The first-order valence-corrected chi connectivity index (χ1v) is 8.47. The Morgan fingerprint density at radius 1 is 1.17 bits per heavy atom. The molecule has 24 heavy (non-hydrogen) atoms. The molecular weight excluding hydrogens is 306 g/mol. The van der Waals surface area contributed by atoms with Crippen LogP contribution in [0.2, 0.25) is 0 Å². The zero-order valence-electron chi connectivity index (χ0n) is 14.3. The summed E-state index contributed by atoms with van der Waals surface area (Å²) in [6, 6.07) is 2.25. The lowest BCUT2D eigenvalue weighted by Crippen LogP contribution is -2.47. The number of aromatic nitrogens is 2. The van der Waals surface area contributed by atoms with Crippen molar-refractivity contribution in [3.8, 4) is 6.07 Å². The van der Waals surface area contributed by atoms with Crippen LogP contribution in [-0.2, 0) is 9.53 Å². The highest BCUT2D eigenvalue weighted by Crippen LogP contribution is 2.27. The molecule has 1 aromatic heterocycles. The summed E-state index contributed by atoms with van der Waals surface area (Å²) in [6.07, 6.45) is 1.57. The maximum atomic E-state index is 12.6. The van der Waals surface area contributed by atoms with Crippen molar-refractivity contribution in [2.75, 3.05) is 44.3 Å². The van der Waals surface area contributed by atoms with Gasteiger partial charge in [-0.3, -0.25) is 4.79 Å². The molecule has 1 aromatic rings. The second-order valence-corrected chi connectivity index (χ2v) is 6.42. The van der Waals surface area contributed by atoms with E-state index < -0.39 is 0 Å². The van der Waals surface area contributed by atoms with E-state index >= 15 is 0 Å². The van der Waals surface area contributed by atoms with Crippen molar-refractivity contribution in [3.05, 3.63) is 16.8 Å². The number of nitriles is 1. The van der Waals surface area contributed by atoms with E-state index in [1.165, 1.54) is 0 Å². The van der Waals surface area contributed by atoms with Crippen LogP contribution in [-0.4, -0.2) is 60.4 Å². The smallest absolute Gasteiger partial charge is 0.225 e. The molecule has 0 unspecified atom stereocenters. The summed E-state index contributed by atoms with van der Waals surface area (Å²) >= 11 is 0. The molecule has 3 heterocycles. The molecule has 2 saturated heterocycles. The lowest BCUT2D eigenvalue weighted by atomic mass is 9.94. The second kappa shape index (κ2) is 7.14. The van der Waals surface area contributed by atoms with Crippen LogP contribution < -0.4 is 4.90 Å². The predicted molar refractivity (Wildman–Crippen MR) is 88.6 cm³/mol. The summed E-state index contributed by atoms with van der Waals surface area (Å²) in [4.78, 5) is 16.6. The lowest BCUT2D eigenvalue weighted by Gasteiger charge is -2.36. The summed E-state index contributed by atoms with van der Waals surface area (Å²) in [5.41, 5.74) is 2.27. The summed E-state index contributed by atoms with van der Waals surface area (Å²) in [5, 5.41) is 17.8. The van der Waals surface area contributed by atoms with Crippen LogP contribution in [0.25, 0.3) is 0 Å². The topological polar surface area (TPSA) is 82.3 Å². The number of amides is 1. The largest absolute Gasteiger partial charge is 0.378 e. The average Bonchev–Trinajstić information content (AvgIpc) is 2.64. The van der Waals surface area contributed by atoms with Crippen LogP contribution in [0.5, 0.6) is 0 Å². The van der Waals surface area contributed by atoms with Gasteiger partial charge in [0.1, 0.15) is 11.6 Å². The molecule has 0 aromatic carbocycles. The van der Waals surface area contributed by atoms with E-state index in [0.717, 1.165) is 37.2 Å². The minimum atomic E-state index is 0.0596. The Balaban J connectivity index is 1.66. The summed E-state index contributed by atoms with van der Waals surface area (Å²) in [7, 11) is 0. The van der Waals surface area contributed by atoms with Gasteiger partial charge in [0.25, 0.3) is 0 Å². The Bertz CT molecular complexity index is 656. The van der Waals surface area contributed by atoms with Crippen molar-refractivity contribution in [2.45, 2.75) is 26.7 Å². The first-order chi connectivity index (χ1) is 11.6. The fourth-order valence-electron chi connectivity index (χ4n) is 3.33. The molecule has 0 spiro atoms. The second-order valence-electron chi connectivity index (χ2n) is 6.42. The molecule has 0 atom stereocenters. The van der Waals surface area contributed by atoms with Crippen LogP contribution in [0.4, 0.5) is 5.82 Å². The summed E-state index contributed by atoms with van der Waals surface area (Å²) in [5.74, 6) is 0.951. The molecule has 0 bridgehead atoms. The number of ether oxygens (including phenoxy) is 1. The molecule has 2 aliphatic rings. The third kappa shape index (κ3) is 3.20.